The summed E-state index contributed by atoms with van der Waals surface area (Å²) in [6, 6.07) is 57.1. The van der Waals surface area contributed by atoms with E-state index in [1.165, 1.54) is 9.13 Å². The Morgan fingerprint density at radius 3 is 1.03 bits per heavy atom. The van der Waals surface area contributed by atoms with Gasteiger partial charge in [0.2, 0.25) is 5.82 Å². The average molecular weight is 973 g/mol. The fraction of sp³-hybridized carbons (Fsp3) is 0.0164. The Morgan fingerprint density at radius 1 is 0.288 bits per heavy atom. The number of hydrogen-bond acceptors (Lipinski definition) is 0. The zero-order chi connectivity index (χ0) is 49.6. The van der Waals surface area contributed by atoms with Gasteiger partial charge in [-0.15, -0.1) is 0 Å². The van der Waals surface area contributed by atoms with Crippen molar-refractivity contribution in [1.29, 1.82) is 0 Å². The highest BCUT2D eigenvalue weighted by molar-refractivity contribution is 6.26. The molecule has 0 atom stereocenters. The molecule has 0 saturated carbocycles. The molecule has 4 nitrogen and oxygen atoms in total. The molecule has 0 spiro atoms. The fourth-order valence-electron chi connectivity index (χ4n) is 11.5. The summed E-state index contributed by atoms with van der Waals surface area (Å²) in [5.74, 6) is -11.6. The van der Waals surface area contributed by atoms with Gasteiger partial charge in [-0.1, -0.05) is 133 Å². The van der Waals surface area contributed by atoms with Crippen LogP contribution in [0.15, 0.2) is 194 Å². The van der Waals surface area contributed by atoms with Gasteiger partial charge in [0.25, 0.3) is 0 Å². The van der Waals surface area contributed by atoms with E-state index in [0.29, 0.717) is 60.2 Å². The Labute approximate surface area is 408 Å². The molecule has 0 fully saturated rings. The second-order valence-electron chi connectivity index (χ2n) is 18.1. The van der Waals surface area contributed by atoms with E-state index >= 15 is 30.7 Å². The predicted octanol–water partition coefficient (Wildman–Crippen LogP) is 17.5. The van der Waals surface area contributed by atoms with Crippen LogP contribution in [0.2, 0.25) is 0 Å². The number of para-hydroxylation sites is 6. The number of rotatable bonds is 5. The quantitative estimate of drug-likeness (QED) is 0.0930. The number of nitrogens with zero attached hydrogens (tertiary/aromatic N) is 4. The van der Waals surface area contributed by atoms with Crippen molar-refractivity contribution >= 4 is 87.2 Å². The van der Waals surface area contributed by atoms with Crippen LogP contribution in [-0.2, 0) is 6.18 Å². The number of alkyl halides is 3. The van der Waals surface area contributed by atoms with Crippen molar-refractivity contribution in [2.24, 2.45) is 0 Å². The van der Waals surface area contributed by atoms with Crippen molar-refractivity contribution in [3.63, 3.8) is 0 Å². The van der Waals surface area contributed by atoms with Crippen LogP contribution in [0.25, 0.3) is 121 Å². The lowest BCUT2D eigenvalue weighted by atomic mass is 9.95. The van der Waals surface area contributed by atoms with Crippen molar-refractivity contribution in [3.05, 3.63) is 229 Å². The van der Waals surface area contributed by atoms with E-state index in [9.17, 15) is 4.39 Å². The Balaban J connectivity index is 1.26. The molecule has 0 aliphatic carbocycles. The van der Waals surface area contributed by atoms with Crippen LogP contribution in [0, 0.1) is 29.1 Å². The minimum atomic E-state index is -5.39. The molecule has 10 aromatic carbocycles. The number of hydrogen-bond donors (Lipinski definition) is 0. The summed E-state index contributed by atoms with van der Waals surface area (Å²) in [7, 11) is 0. The Hall–Kier alpha value is -9.16. The molecule has 0 saturated heterocycles. The van der Waals surface area contributed by atoms with Crippen LogP contribution in [-0.4, -0.2) is 18.3 Å². The first kappa shape index (κ1) is 42.7. The Kier molecular flexibility index (Phi) is 9.02. The largest absolute Gasteiger partial charge is 0.420 e. The minimum Gasteiger partial charge on any atom is -0.307 e. The van der Waals surface area contributed by atoms with E-state index in [4.69, 9.17) is 0 Å². The fourth-order valence-corrected chi connectivity index (χ4v) is 11.5. The monoisotopic (exact) mass is 972 g/mol. The summed E-state index contributed by atoms with van der Waals surface area (Å²) >= 11 is 0. The Morgan fingerprint density at radius 2 is 0.616 bits per heavy atom. The van der Waals surface area contributed by atoms with E-state index in [1.807, 2.05) is 143 Å². The molecule has 14 aromatic rings. The number of fused-ring (bicyclic) bond motifs is 14. The van der Waals surface area contributed by atoms with Crippen molar-refractivity contribution in [1.82, 2.24) is 18.3 Å². The normalized spacial score (nSPS) is 12.4. The molecule has 0 N–H and O–H groups in total. The lowest BCUT2D eigenvalue weighted by Gasteiger charge is -2.25. The molecule has 14 rings (SSSR count). The van der Waals surface area contributed by atoms with Gasteiger partial charge in [0.05, 0.1) is 61.1 Å². The van der Waals surface area contributed by atoms with Crippen LogP contribution >= 0.6 is 0 Å². The van der Waals surface area contributed by atoms with Crippen molar-refractivity contribution < 1.29 is 35.1 Å². The molecule has 4 aromatic heterocycles. The first-order chi connectivity index (χ1) is 35.5. The van der Waals surface area contributed by atoms with Crippen LogP contribution in [0.4, 0.5) is 35.1 Å². The van der Waals surface area contributed by atoms with Gasteiger partial charge in [-0.05, 0) is 60.7 Å². The lowest BCUT2D eigenvalue weighted by Crippen LogP contribution is -2.18. The third-order valence-corrected chi connectivity index (χ3v) is 14.3. The highest BCUT2D eigenvalue weighted by Crippen LogP contribution is 2.51. The molecule has 0 amide bonds. The van der Waals surface area contributed by atoms with Crippen LogP contribution < -0.4 is 0 Å². The van der Waals surface area contributed by atoms with E-state index in [-0.39, 0.29) is 11.0 Å². The van der Waals surface area contributed by atoms with E-state index in [0.717, 1.165) is 39.5 Å². The van der Waals surface area contributed by atoms with E-state index in [2.05, 4.69) is 0 Å². The van der Waals surface area contributed by atoms with Crippen LogP contribution in [0.1, 0.15) is 5.56 Å². The third kappa shape index (κ3) is 5.82. The minimum absolute atomic E-state index is 0.177. The summed E-state index contributed by atoms with van der Waals surface area (Å²) in [5, 5.41) is 5.11. The van der Waals surface area contributed by atoms with Crippen molar-refractivity contribution in [2.75, 3.05) is 0 Å². The van der Waals surface area contributed by atoms with E-state index < -0.39 is 63.3 Å². The summed E-state index contributed by atoms with van der Waals surface area (Å²) in [5.41, 5.74) is -0.0692. The van der Waals surface area contributed by atoms with Crippen LogP contribution in [0.5, 0.6) is 0 Å². The summed E-state index contributed by atoms with van der Waals surface area (Å²) in [6.45, 7) is 0. The van der Waals surface area contributed by atoms with Gasteiger partial charge >= 0.3 is 6.18 Å². The topological polar surface area (TPSA) is 19.7 Å². The molecule has 4 heterocycles. The van der Waals surface area contributed by atoms with Gasteiger partial charge in [-0.3, -0.25) is 0 Å². The van der Waals surface area contributed by atoms with Crippen molar-refractivity contribution in [2.45, 2.75) is 6.18 Å². The first-order valence-electron chi connectivity index (χ1n) is 23.3. The molecule has 0 unspecified atom stereocenters. The zero-order valence-electron chi connectivity index (χ0n) is 37.8. The maximum atomic E-state index is 17.4. The lowest BCUT2D eigenvalue weighted by molar-refractivity contribution is -0.137. The maximum Gasteiger partial charge on any atom is 0.420 e. The van der Waals surface area contributed by atoms with Gasteiger partial charge in [0.1, 0.15) is 5.56 Å². The third-order valence-electron chi connectivity index (χ3n) is 14.3. The molecule has 352 valence electrons. The van der Waals surface area contributed by atoms with Gasteiger partial charge in [-0.2, -0.15) is 13.2 Å². The van der Waals surface area contributed by atoms with Crippen molar-refractivity contribution in [3.8, 4) is 33.9 Å². The molecule has 12 heteroatoms. The van der Waals surface area contributed by atoms with Gasteiger partial charge < -0.3 is 18.3 Å². The second-order valence-corrected chi connectivity index (χ2v) is 18.1. The molecule has 0 aliphatic heterocycles. The second kappa shape index (κ2) is 15.4. The standard InChI is InChI=1S/C61H32F8N4/c62-51-49(52(63)54(65)55(66)53(51)64)43-31-32-48(72-46-25-13-9-21-37(46)41-29-27-39-35-19-7-11-23-44(35)70(57(39)59(41)72)33-15-3-1-4-16-33)50(61(67,68)69)56(43)73-47-26-14-10-22-38(47)42-30-28-40-36-20-8-12-24-45(36)71(58(40)60(42)73)34-17-5-2-6-18-34/h1-32H. The highest BCUT2D eigenvalue weighted by Gasteiger charge is 2.42. The molecule has 0 radical (unpaired) electrons. The van der Waals surface area contributed by atoms with Gasteiger partial charge in [-0.25, -0.2) is 22.0 Å². The average Bonchev–Trinajstić information content (AvgIpc) is 4.16. The Bertz CT molecular complexity index is 4630. The van der Waals surface area contributed by atoms with Crippen LogP contribution in [0.3, 0.4) is 0 Å². The molecule has 0 bridgehead atoms. The summed E-state index contributed by atoms with van der Waals surface area (Å²) in [4.78, 5) is 0. The number of benzene rings is 10. The molecule has 73 heavy (non-hydrogen) atoms. The van der Waals surface area contributed by atoms with Gasteiger partial charge in [0.15, 0.2) is 23.3 Å². The highest BCUT2D eigenvalue weighted by atomic mass is 19.4. The number of aromatic nitrogens is 4. The molecular formula is C61H32F8N4. The number of halogens is 8. The maximum absolute atomic E-state index is 17.4. The first-order valence-corrected chi connectivity index (χ1v) is 23.3. The zero-order valence-corrected chi connectivity index (χ0v) is 37.8. The predicted molar refractivity (Wildman–Crippen MR) is 274 cm³/mol. The summed E-state index contributed by atoms with van der Waals surface area (Å²) in [6.07, 6.45) is -5.39. The summed E-state index contributed by atoms with van der Waals surface area (Å²) < 4.78 is 139. The smallest absolute Gasteiger partial charge is 0.307 e. The van der Waals surface area contributed by atoms with E-state index in [1.54, 1.807) is 48.5 Å². The van der Waals surface area contributed by atoms with Gasteiger partial charge in [0, 0.05) is 60.0 Å². The molecule has 0 aliphatic rings. The SMILES string of the molecule is Fc1c(F)c(F)c(-c2ccc(-n3c4ccccc4c4ccc5c6ccccc6n(-c6ccccc6)c5c43)c(C(F)(F)F)c2-n2c3ccccc3c3ccc4c5ccccc5n(-c5ccccc5)c4c32)c(F)c1F. The molecular weight excluding hydrogens is 941 g/mol.